The minimum atomic E-state index is -0.284. The van der Waals surface area contributed by atoms with Gasteiger partial charge in [0.15, 0.2) is 0 Å². The Kier molecular flexibility index (Phi) is 6.39. The molecule has 0 amide bonds. The monoisotopic (exact) mass is 308 g/mol. The number of hydrogen-bond acceptors (Lipinski definition) is 1. The van der Waals surface area contributed by atoms with Crippen molar-refractivity contribution in [1.29, 1.82) is 0 Å². The first-order valence-corrected chi connectivity index (χ1v) is 8.29. The van der Waals surface area contributed by atoms with E-state index < -0.39 is 0 Å². The van der Waals surface area contributed by atoms with Crippen LogP contribution in [0.15, 0.2) is 18.2 Å². The van der Waals surface area contributed by atoms with Crippen molar-refractivity contribution in [3.63, 3.8) is 0 Å². The molecule has 0 N–H and O–H groups in total. The van der Waals surface area contributed by atoms with E-state index in [2.05, 4.69) is 18.8 Å². The molecule has 2 unspecified atom stereocenters. The fraction of sp³-hybridized carbons (Fsp3) is 0.556. The molecule has 1 aromatic rings. The Bertz CT molecular complexity index is 518. The maximum absolute atomic E-state index is 13.4. The summed E-state index contributed by atoms with van der Waals surface area (Å²) >= 11 is 5.62. The summed E-state index contributed by atoms with van der Waals surface area (Å²) in [6.07, 6.45) is 6.72. The maximum Gasteiger partial charge on any atom is 0.135 e. The fourth-order valence-electron chi connectivity index (χ4n) is 2.87. The van der Waals surface area contributed by atoms with E-state index in [-0.39, 0.29) is 11.9 Å². The molecule has 0 bridgehead atoms. The highest BCUT2D eigenvalue weighted by Crippen LogP contribution is 2.31. The van der Waals surface area contributed by atoms with Crippen molar-refractivity contribution in [2.45, 2.75) is 51.6 Å². The van der Waals surface area contributed by atoms with E-state index in [4.69, 9.17) is 16.3 Å². The van der Waals surface area contributed by atoms with Gasteiger partial charge in [-0.3, -0.25) is 0 Å². The molecule has 0 aromatic heterocycles. The van der Waals surface area contributed by atoms with Crippen molar-refractivity contribution in [2.75, 3.05) is 5.88 Å². The molecule has 2 atom stereocenters. The topological polar surface area (TPSA) is 9.23 Å². The average Bonchev–Trinajstić information content (AvgIpc) is 2.50. The zero-order valence-corrected chi connectivity index (χ0v) is 13.3. The quantitative estimate of drug-likeness (QED) is 0.552. The lowest BCUT2D eigenvalue weighted by molar-refractivity contribution is 0.0900. The lowest BCUT2D eigenvalue weighted by Crippen LogP contribution is -2.30. The number of halogens is 2. The first-order chi connectivity index (χ1) is 10.2. The van der Waals surface area contributed by atoms with Gasteiger partial charge in [0.1, 0.15) is 17.7 Å². The summed E-state index contributed by atoms with van der Waals surface area (Å²) in [5.41, 5.74) is 0.626. The third-order valence-corrected chi connectivity index (χ3v) is 4.22. The smallest absolute Gasteiger partial charge is 0.135 e. The van der Waals surface area contributed by atoms with Crippen LogP contribution in [0.25, 0.3) is 0 Å². The predicted molar refractivity (Wildman–Crippen MR) is 85.3 cm³/mol. The Morgan fingerprint density at radius 2 is 2.14 bits per heavy atom. The van der Waals surface area contributed by atoms with Crippen molar-refractivity contribution in [3.8, 4) is 17.6 Å². The van der Waals surface area contributed by atoms with E-state index >= 15 is 0 Å². The minimum absolute atomic E-state index is 0.225. The molecule has 1 aliphatic carbocycles. The Labute approximate surface area is 131 Å². The number of benzene rings is 1. The number of rotatable bonds is 4. The highest BCUT2D eigenvalue weighted by Gasteiger charge is 2.25. The third kappa shape index (κ3) is 4.64. The highest BCUT2D eigenvalue weighted by molar-refractivity contribution is 6.18. The van der Waals surface area contributed by atoms with Gasteiger partial charge >= 0.3 is 0 Å². The van der Waals surface area contributed by atoms with E-state index in [1.807, 2.05) is 0 Å². The van der Waals surface area contributed by atoms with Gasteiger partial charge in [0.2, 0.25) is 0 Å². The maximum atomic E-state index is 13.4. The predicted octanol–water partition coefficient (Wildman–Crippen LogP) is 5.15. The Hall–Kier alpha value is -1.20. The van der Waals surface area contributed by atoms with Gasteiger partial charge in [-0.2, -0.15) is 0 Å². The van der Waals surface area contributed by atoms with Crippen molar-refractivity contribution in [2.24, 2.45) is 5.92 Å². The summed E-state index contributed by atoms with van der Waals surface area (Å²) in [5, 5.41) is 0. The molecule has 0 saturated heterocycles. The zero-order chi connectivity index (χ0) is 15.1. The summed E-state index contributed by atoms with van der Waals surface area (Å²) in [5.74, 6) is 7.42. The second-order valence-electron chi connectivity index (χ2n) is 5.49. The second-order valence-corrected chi connectivity index (χ2v) is 5.87. The molecule has 3 heteroatoms. The summed E-state index contributed by atoms with van der Waals surface area (Å²) in [7, 11) is 0. The van der Waals surface area contributed by atoms with Crippen molar-refractivity contribution in [3.05, 3.63) is 29.6 Å². The molecule has 1 nitrogen and oxygen atoms in total. The van der Waals surface area contributed by atoms with Crippen molar-refractivity contribution in [1.82, 2.24) is 0 Å². The van der Waals surface area contributed by atoms with Crippen LogP contribution in [0.1, 0.15) is 51.0 Å². The zero-order valence-electron chi connectivity index (χ0n) is 12.5. The van der Waals surface area contributed by atoms with Gasteiger partial charge in [-0.1, -0.05) is 25.2 Å². The van der Waals surface area contributed by atoms with E-state index in [9.17, 15) is 4.39 Å². The molecule has 1 saturated carbocycles. The van der Waals surface area contributed by atoms with Gasteiger partial charge in [-0.15, -0.1) is 11.6 Å². The van der Waals surface area contributed by atoms with Crippen LogP contribution in [-0.4, -0.2) is 12.0 Å². The van der Waals surface area contributed by atoms with Crippen LogP contribution in [0, 0.1) is 23.6 Å². The molecule has 114 valence electrons. The number of alkyl halides is 1. The van der Waals surface area contributed by atoms with Gasteiger partial charge in [-0.25, -0.2) is 4.39 Å². The molecular formula is C18H22ClFO. The summed E-state index contributed by atoms with van der Waals surface area (Å²) in [4.78, 5) is 0. The molecule has 0 radical (unpaired) electrons. The van der Waals surface area contributed by atoms with Crippen LogP contribution in [0.2, 0.25) is 0 Å². The second kappa shape index (κ2) is 8.29. The Morgan fingerprint density at radius 3 is 2.90 bits per heavy atom. The van der Waals surface area contributed by atoms with Crippen LogP contribution >= 0.6 is 11.6 Å². The van der Waals surface area contributed by atoms with E-state index in [1.54, 1.807) is 6.07 Å². The average molecular weight is 309 g/mol. The standard InChI is InChI=1S/C18H22ClFO/c1-2-14-7-3-4-9-17(14)21-18-11-10-16(20)13-15(18)8-5-6-12-19/h10-11,13-14,17H,2-4,6-7,9,12H2,1H3. The lowest BCUT2D eigenvalue weighted by Gasteiger charge is -2.31. The normalized spacial score (nSPS) is 21.5. The van der Waals surface area contributed by atoms with Crippen LogP contribution in [0.4, 0.5) is 4.39 Å². The largest absolute Gasteiger partial charge is 0.489 e. The molecule has 1 aromatic carbocycles. The van der Waals surface area contributed by atoms with Crippen molar-refractivity contribution >= 4 is 11.6 Å². The summed E-state index contributed by atoms with van der Waals surface area (Å²) in [6.45, 7) is 2.21. The first kappa shape index (κ1) is 16.2. The van der Waals surface area contributed by atoms with Crippen LogP contribution in [0.3, 0.4) is 0 Å². The molecule has 0 spiro atoms. The molecular weight excluding hydrogens is 287 g/mol. The molecule has 1 aliphatic rings. The van der Waals surface area contributed by atoms with Crippen LogP contribution < -0.4 is 4.74 Å². The van der Waals surface area contributed by atoms with Gasteiger partial charge in [-0.05, 0) is 49.8 Å². The van der Waals surface area contributed by atoms with Gasteiger partial charge in [0, 0.05) is 12.3 Å². The van der Waals surface area contributed by atoms with Gasteiger partial charge < -0.3 is 4.74 Å². The Balaban J connectivity index is 2.16. The summed E-state index contributed by atoms with van der Waals surface area (Å²) in [6, 6.07) is 4.58. The first-order valence-electron chi connectivity index (χ1n) is 7.75. The summed E-state index contributed by atoms with van der Waals surface area (Å²) < 4.78 is 19.6. The highest BCUT2D eigenvalue weighted by atomic mass is 35.5. The fourth-order valence-corrected chi connectivity index (χ4v) is 2.96. The Morgan fingerprint density at radius 1 is 1.33 bits per heavy atom. The lowest BCUT2D eigenvalue weighted by atomic mass is 9.84. The van der Waals surface area contributed by atoms with Crippen molar-refractivity contribution < 1.29 is 9.13 Å². The third-order valence-electron chi connectivity index (χ3n) is 4.03. The van der Waals surface area contributed by atoms with E-state index in [0.717, 1.165) is 12.8 Å². The molecule has 1 fully saturated rings. The molecule has 21 heavy (non-hydrogen) atoms. The molecule has 2 rings (SSSR count). The van der Waals surface area contributed by atoms with E-state index in [0.29, 0.717) is 29.5 Å². The number of hydrogen-bond donors (Lipinski definition) is 0. The van der Waals surface area contributed by atoms with E-state index in [1.165, 1.54) is 31.4 Å². The van der Waals surface area contributed by atoms with Crippen LogP contribution in [0.5, 0.6) is 5.75 Å². The SMILES string of the molecule is CCC1CCCCC1Oc1ccc(F)cc1C#CCCCl. The van der Waals surface area contributed by atoms with Gasteiger partial charge in [0.05, 0.1) is 5.56 Å². The van der Waals surface area contributed by atoms with Crippen LogP contribution in [-0.2, 0) is 0 Å². The van der Waals surface area contributed by atoms with Gasteiger partial charge in [0.25, 0.3) is 0 Å². The molecule has 0 heterocycles. The molecule has 0 aliphatic heterocycles. The minimum Gasteiger partial charge on any atom is -0.489 e. The number of ether oxygens (including phenoxy) is 1.